The lowest BCUT2D eigenvalue weighted by molar-refractivity contribution is 0.0526. The number of esters is 1. The van der Waals surface area contributed by atoms with Crippen LogP contribution >= 0.6 is 11.6 Å². The Morgan fingerprint density at radius 1 is 1.19 bits per heavy atom. The Kier molecular flexibility index (Phi) is 6.23. The maximum atomic E-state index is 12.2. The third-order valence-electron chi connectivity index (χ3n) is 5.60. The fourth-order valence-electron chi connectivity index (χ4n) is 4.86. The summed E-state index contributed by atoms with van der Waals surface area (Å²) in [5.74, 6) is -0.419. The number of pyridine rings is 1. The molecule has 4 nitrogen and oxygen atoms in total. The number of fused-ring (bicyclic) bond motifs is 1. The molecule has 0 atom stereocenters. The van der Waals surface area contributed by atoms with Gasteiger partial charge in [-0.25, -0.2) is 9.78 Å². The zero-order valence-electron chi connectivity index (χ0n) is 17.2. The second kappa shape index (κ2) is 7.73. The number of hydrogen-bond donors (Lipinski definition) is 0. The van der Waals surface area contributed by atoms with Crippen LogP contribution in [0, 0.1) is 6.92 Å². The van der Waals surface area contributed by atoms with Crippen molar-refractivity contribution in [2.75, 3.05) is 6.61 Å². The number of aromatic nitrogens is 2. The lowest BCUT2D eigenvalue weighted by Crippen LogP contribution is -2.52. The first-order valence-corrected chi connectivity index (χ1v) is 12.0. The molecule has 0 bridgehead atoms. The van der Waals surface area contributed by atoms with Gasteiger partial charge in [0, 0.05) is 17.3 Å². The quantitative estimate of drug-likeness (QED) is 0.432. The summed E-state index contributed by atoms with van der Waals surface area (Å²) in [5.41, 5.74) is 4.02. The number of aryl methyl sites for hydroxylation is 1. The van der Waals surface area contributed by atoms with E-state index in [-0.39, 0.29) is 0 Å². The van der Waals surface area contributed by atoms with Crippen LogP contribution in [-0.4, -0.2) is 30.0 Å². The Hall–Kier alpha value is -1.33. The van der Waals surface area contributed by atoms with Crippen molar-refractivity contribution in [2.24, 2.45) is 0 Å². The van der Waals surface area contributed by atoms with Gasteiger partial charge in [0.15, 0.2) is 8.24 Å². The Bertz CT molecular complexity index is 790. The van der Waals surface area contributed by atoms with E-state index >= 15 is 0 Å². The van der Waals surface area contributed by atoms with E-state index in [1.165, 1.54) is 0 Å². The number of rotatable bonds is 6. The normalized spacial score (nSPS) is 12.6. The Labute approximate surface area is 163 Å². The molecular formula is C20H31ClN2O2Si. The van der Waals surface area contributed by atoms with Gasteiger partial charge in [-0.3, -0.25) is 0 Å². The molecule has 0 radical (unpaired) electrons. The zero-order valence-corrected chi connectivity index (χ0v) is 18.9. The highest BCUT2D eigenvalue weighted by Crippen LogP contribution is 2.45. The fraction of sp³-hybridized carbons (Fsp3) is 0.600. The first kappa shape index (κ1) is 21.0. The van der Waals surface area contributed by atoms with Gasteiger partial charge < -0.3 is 8.97 Å². The van der Waals surface area contributed by atoms with E-state index in [2.05, 4.69) is 58.8 Å². The first-order valence-electron chi connectivity index (χ1n) is 9.44. The maximum Gasteiger partial charge on any atom is 0.341 e. The van der Waals surface area contributed by atoms with Crippen molar-refractivity contribution < 1.29 is 9.53 Å². The highest BCUT2D eigenvalue weighted by atomic mass is 35.5. The molecule has 26 heavy (non-hydrogen) atoms. The molecule has 0 saturated heterocycles. The van der Waals surface area contributed by atoms with Crippen molar-refractivity contribution in [3.8, 4) is 0 Å². The molecule has 2 rings (SSSR count). The molecular weight excluding hydrogens is 364 g/mol. The van der Waals surface area contributed by atoms with Crippen molar-refractivity contribution in [3.05, 3.63) is 28.5 Å². The van der Waals surface area contributed by atoms with Crippen LogP contribution in [0.1, 0.15) is 64.5 Å². The van der Waals surface area contributed by atoms with E-state index in [9.17, 15) is 4.79 Å². The van der Waals surface area contributed by atoms with Crippen LogP contribution < -0.4 is 0 Å². The Morgan fingerprint density at radius 2 is 1.73 bits per heavy atom. The van der Waals surface area contributed by atoms with Crippen molar-refractivity contribution in [2.45, 2.75) is 72.0 Å². The van der Waals surface area contributed by atoms with Crippen LogP contribution in [-0.2, 0) is 4.74 Å². The lowest BCUT2D eigenvalue weighted by atomic mass is 10.2. The minimum absolute atomic E-state index is 0.317. The molecule has 2 heterocycles. The third-order valence-corrected chi connectivity index (χ3v) is 12.9. The van der Waals surface area contributed by atoms with Gasteiger partial charge in [0.05, 0.1) is 17.2 Å². The van der Waals surface area contributed by atoms with E-state index in [0.717, 1.165) is 16.7 Å². The SMILES string of the molecule is CCOC(=O)c1cnc2c(cc(C)n2[Si](C(C)C)(C(C)C)C(C)C)c1Cl. The molecule has 144 valence electrons. The van der Waals surface area contributed by atoms with Crippen molar-refractivity contribution in [1.29, 1.82) is 0 Å². The van der Waals surface area contributed by atoms with Crippen LogP contribution in [0.25, 0.3) is 11.0 Å². The summed E-state index contributed by atoms with van der Waals surface area (Å²) in [4.78, 5) is 16.9. The van der Waals surface area contributed by atoms with Gasteiger partial charge in [0.2, 0.25) is 0 Å². The van der Waals surface area contributed by atoms with E-state index in [4.69, 9.17) is 21.3 Å². The second-order valence-corrected chi connectivity index (χ2v) is 14.0. The first-order chi connectivity index (χ1) is 12.1. The summed E-state index contributed by atoms with van der Waals surface area (Å²) in [6.07, 6.45) is 1.57. The molecule has 0 aliphatic rings. The van der Waals surface area contributed by atoms with Gasteiger partial charge in [-0.2, -0.15) is 0 Å². The Balaban J connectivity index is 2.83. The van der Waals surface area contributed by atoms with Gasteiger partial charge in [0.25, 0.3) is 0 Å². The van der Waals surface area contributed by atoms with Crippen LogP contribution in [0.5, 0.6) is 0 Å². The highest BCUT2D eigenvalue weighted by Gasteiger charge is 2.47. The fourth-order valence-corrected chi connectivity index (χ4v) is 11.9. The van der Waals surface area contributed by atoms with E-state index in [0.29, 0.717) is 33.8 Å². The molecule has 0 N–H and O–H groups in total. The Morgan fingerprint density at radius 3 is 2.19 bits per heavy atom. The zero-order chi connectivity index (χ0) is 19.8. The second-order valence-electron chi connectivity index (χ2n) is 7.92. The maximum absolute atomic E-state index is 12.2. The van der Waals surface area contributed by atoms with Crippen molar-refractivity contribution in [3.63, 3.8) is 0 Å². The molecule has 0 aliphatic carbocycles. The molecule has 6 heteroatoms. The number of nitrogens with zero attached hydrogens (tertiary/aromatic N) is 2. The van der Waals surface area contributed by atoms with Gasteiger partial charge in [0.1, 0.15) is 5.65 Å². The van der Waals surface area contributed by atoms with Gasteiger partial charge in [-0.1, -0.05) is 53.1 Å². The van der Waals surface area contributed by atoms with E-state index in [1.54, 1.807) is 13.1 Å². The van der Waals surface area contributed by atoms with Gasteiger partial charge >= 0.3 is 5.97 Å². The van der Waals surface area contributed by atoms with Gasteiger partial charge in [-0.05, 0) is 36.5 Å². The van der Waals surface area contributed by atoms with E-state index in [1.807, 2.05) is 0 Å². The minimum atomic E-state index is -1.96. The molecule has 0 amide bonds. The number of carbonyl (C=O) groups is 1. The number of halogens is 1. The summed E-state index contributed by atoms with van der Waals surface area (Å²) >= 11 is 6.61. The molecule has 0 unspecified atom stereocenters. The molecule has 0 fully saturated rings. The summed E-state index contributed by atoms with van der Waals surface area (Å²) in [5, 5.41) is 1.28. The van der Waals surface area contributed by atoms with Crippen LogP contribution in [0.2, 0.25) is 21.6 Å². The van der Waals surface area contributed by atoms with E-state index < -0.39 is 14.2 Å². The van der Waals surface area contributed by atoms with Crippen LogP contribution in [0.4, 0.5) is 0 Å². The minimum Gasteiger partial charge on any atom is -0.462 e. The number of carbonyl (C=O) groups excluding carboxylic acids is 1. The monoisotopic (exact) mass is 394 g/mol. The lowest BCUT2D eigenvalue weighted by Gasteiger charge is -2.45. The molecule has 2 aromatic heterocycles. The number of ether oxygens (including phenoxy) is 1. The third kappa shape index (κ3) is 3.09. The van der Waals surface area contributed by atoms with Gasteiger partial charge in [-0.15, -0.1) is 0 Å². The highest BCUT2D eigenvalue weighted by molar-refractivity contribution is 6.82. The van der Waals surface area contributed by atoms with Crippen LogP contribution in [0.15, 0.2) is 12.3 Å². The average Bonchev–Trinajstić information content (AvgIpc) is 2.85. The topological polar surface area (TPSA) is 44.1 Å². The standard InChI is InChI=1S/C20H31ClN2O2Si/c1-9-25-20(24)17-11-22-19-16(18(17)21)10-15(8)23(19)26(12(2)3,13(4)5)14(6)7/h10-14H,9H2,1-8H3. The summed E-state index contributed by atoms with van der Waals surface area (Å²) < 4.78 is 7.59. The molecule has 0 aromatic carbocycles. The molecule has 0 saturated carbocycles. The predicted molar refractivity (Wildman–Crippen MR) is 112 cm³/mol. The molecule has 2 aromatic rings. The molecule has 0 aliphatic heterocycles. The molecule has 0 spiro atoms. The largest absolute Gasteiger partial charge is 0.462 e. The van der Waals surface area contributed by atoms with Crippen LogP contribution in [0.3, 0.4) is 0 Å². The summed E-state index contributed by atoms with van der Waals surface area (Å²) in [7, 11) is -1.96. The predicted octanol–water partition coefficient (Wildman–Crippen LogP) is 6.20. The summed E-state index contributed by atoms with van der Waals surface area (Å²) in [6.45, 7) is 18.2. The summed E-state index contributed by atoms with van der Waals surface area (Å²) in [6, 6.07) is 2.07. The van der Waals surface area contributed by atoms with Crippen molar-refractivity contribution >= 4 is 36.8 Å². The van der Waals surface area contributed by atoms with Crippen molar-refractivity contribution in [1.82, 2.24) is 9.22 Å². The smallest absolute Gasteiger partial charge is 0.341 e. The number of hydrogen-bond acceptors (Lipinski definition) is 3. The average molecular weight is 395 g/mol.